The Labute approximate surface area is 183 Å². The fourth-order valence-electron chi connectivity index (χ4n) is 4.75. The van der Waals surface area contributed by atoms with Gasteiger partial charge in [-0.25, -0.2) is 4.79 Å². The summed E-state index contributed by atoms with van der Waals surface area (Å²) in [6.07, 6.45) is 2.04. The first-order valence-corrected chi connectivity index (χ1v) is 11.2. The zero-order valence-corrected chi connectivity index (χ0v) is 18.4. The molecule has 2 atom stereocenters. The highest BCUT2D eigenvalue weighted by molar-refractivity contribution is 6.09. The van der Waals surface area contributed by atoms with Gasteiger partial charge in [0.2, 0.25) is 5.91 Å². The molecule has 168 valence electrons. The van der Waals surface area contributed by atoms with E-state index in [-0.39, 0.29) is 18.4 Å². The molecule has 3 aliphatic heterocycles. The summed E-state index contributed by atoms with van der Waals surface area (Å²) in [6, 6.07) is 7.01. The number of benzene rings is 1. The molecule has 0 bridgehead atoms. The molecule has 3 saturated heterocycles. The van der Waals surface area contributed by atoms with E-state index < -0.39 is 11.6 Å². The van der Waals surface area contributed by atoms with E-state index in [4.69, 9.17) is 4.74 Å². The zero-order valence-electron chi connectivity index (χ0n) is 18.4. The van der Waals surface area contributed by atoms with Gasteiger partial charge < -0.3 is 15.0 Å². The van der Waals surface area contributed by atoms with Crippen LogP contribution in [0.3, 0.4) is 0 Å². The molecule has 31 heavy (non-hydrogen) atoms. The summed E-state index contributed by atoms with van der Waals surface area (Å²) in [6.45, 7) is 9.17. The van der Waals surface area contributed by atoms with Crippen molar-refractivity contribution < 1.29 is 19.1 Å². The lowest BCUT2D eigenvalue weighted by atomic mass is 9.91. The molecule has 3 fully saturated rings. The van der Waals surface area contributed by atoms with Crippen LogP contribution in [-0.4, -0.2) is 85.0 Å². The summed E-state index contributed by atoms with van der Waals surface area (Å²) in [4.78, 5) is 44.0. The third kappa shape index (κ3) is 4.60. The van der Waals surface area contributed by atoms with Gasteiger partial charge in [-0.15, -0.1) is 0 Å². The molecule has 8 heteroatoms. The summed E-state index contributed by atoms with van der Waals surface area (Å²) in [7, 11) is 0. The molecule has 0 saturated carbocycles. The molecule has 1 aromatic rings. The molecule has 0 unspecified atom stereocenters. The third-order valence-corrected chi connectivity index (χ3v) is 6.69. The van der Waals surface area contributed by atoms with Crippen molar-refractivity contribution in [3.8, 4) is 0 Å². The smallest absolute Gasteiger partial charge is 0.325 e. The number of nitrogens with zero attached hydrogens (tertiary/aromatic N) is 3. The van der Waals surface area contributed by atoms with E-state index in [0.29, 0.717) is 19.0 Å². The summed E-state index contributed by atoms with van der Waals surface area (Å²) >= 11 is 0. The molecule has 1 N–H and O–H groups in total. The summed E-state index contributed by atoms with van der Waals surface area (Å²) in [5, 5.41) is 2.79. The lowest BCUT2D eigenvalue weighted by molar-refractivity contribution is -0.140. The Morgan fingerprint density at radius 3 is 2.58 bits per heavy atom. The minimum atomic E-state index is -1.15. The van der Waals surface area contributed by atoms with Gasteiger partial charge in [0.05, 0.1) is 13.2 Å². The van der Waals surface area contributed by atoms with E-state index in [9.17, 15) is 14.4 Å². The molecule has 3 aliphatic rings. The first-order valence-electron chi connectivity index (χ1n) is 11.2. The number of nitrogens with one attached hydrogen (secondary N) is 1. The predicted octanol–water partition coefficient (Wildman–Crippen LogP) is 1.33. The minimum Gasteiger partial charge on any atom is -0.379 e. The van der Waals surface area contributed by atoms with Crippen LogP contribution in [0.25, 0.3) is 0 Å². The second-order valence-corrected chi connectivity index (χ2v) is 9.07. The largest absolute Gasteiger partial charge is 0.379 e. The molecule has 8 nitrogen and oxygen atoms in total. The Hall–Kier alpha value is -2.45. The van der Waals surface area contributed by atoms with Crippen LogP contribution in [0.15, 0.2) is 24.3 Å². The van der Waals surface area contributed by atoms with Gasteiger partial charge in [-0.05, 0) is 38.2 Å². The van der Waals surface area contributed by atoms with Crippen LogP contribution >= 0.6 is 0 Å². The summed E-state index contributed by atoms with van der Waals surface area (Å²) < 4.78 is 5.42. The fourth-order valence-corrected chi connectivity index (χ4v) is 4.75. The van der Waals surface area contributed by atoms with Crippen LogP contribution in [0.2, 0.25) is 0 Å². The van der Waals surface area contributed by atoms with Crippen molar-refractivity contribution in [2.75, 3.05) is 52.5 Å². The van der Waals surface area contributed by atoms with Crippen LogP contribution in [0.4, 0.5) is 4.79 Å². The van der Waals surface area contributed by atoms with Gasteiger partial charge in [-0.1, -0.05) is 29.8 Å². The van der Waals surface area contributed by atoms with Crippen molar-refractivity contribution in [3.63, 3.8) is 0 Å². The average molecular weight is 429 g/mol. The zero-order chi connectivity index (χ0) is 22.0. The van der Waals surface area contributed by atoms with Crippen molar-refractivity contribution in [3.05, 3.63) is 35.4 Å². The predicted molar refractivity (Wildman–Crippen MR) is 115 cm³/mol. The number of hydrogen-bond acceptors (Lipinski definition) is 5. The SMILES string of the molecule is Cc1ccc([C@]2(C)NC(=O)N(CC(=O)N3CCC[C@H](CN4CCOCC4)C3)C2=O)cc1. The minimum absolute atomic E-state index is 0.164. The van der Waals surface area contributed by atoms with Crippen LogP contribution in [0.5, 0.6) is 0 Å². The molecule has 3 heterocycles. The Kier molecular flexibility index (Phi) is 6.29. The van der Waals surface area contributed by atoms with Gasteiger partial charge in [0, 0.05) is 32.7 Å². The Bertz CT molecular complexity index is 836. The molecular weight excluding hydrogens is 396 g/mol. The third-order valence-electron chi connectivity index (χ3n) is 6.69. The summed E-state index contributed by atoms with van der Waals surface area (Å²) in [5.41, 5.74) is 0.647. The van der Waals surface area contributed by atoms with Crippen LogP contribution in [0.1, 0.15) is 30.9 Å². The first kappa shape index (κ1) is 21.8. The maximum atomic E-state index is 13.1. The average Bonchev–Trinajstić information content (AvgIpc) is 2.99. The maximum Gasteiger partial charge on any atom is 0.325 e. The van der Waals surface area contributed by atoms with Gasteiger partial charge in [0.15, 0.2) is 0 Å². The highest BCUT2D eigenvalue weighted by Gasteiger charge is 2.49. The number of ether oxygens (including phenoxy) is 1. The van der Waals surface area contributed by atoms with Crippen LogP contribution in [0, 0.1) is 12.8 Å². The van der Waals surface area contributed by atoms with Crippen molar-refractivity contribution in [1.82, 2.24) is 20.0 Å². The highest BCUT2D eigenvalue weighted by atomic mass is 16.5. The number of urea groups is 1. The Morgan fingerprint density at radius 1 is 1.16 bits per heavy atom. The van der Waals surface area contributed by atoms with E-state index in [1.165, 1.54) is 0 Å². The molecule has 0 aromatic heterocycles. The number of carbonyl (C=O) groups is 3. The lowest BCUT2D eigenvalue weighted by Crippen LogP contribution is -2.49. The lowest BCUT2D eigenvalue weighted by Gasteiger charge is -2.37. The quantitative estimate of drug-likeness (QED) is 0.716. The number of aryl methyl sites for hydroxylation is 1. The van der Waals surface area contributed by atoms with Gasteiger partial charge in [0.1, 0.15) is 12.1 Å². The standard InChI is InChI=1S/C23H32N4O4/c1-17-5-7-19(8-6-17)23(2)21(29)27(22(30)24-23)16-20(28)26-9-3-4-18(15-26)14-25-10-12-31-13-11-25/h5-8,18H,3-4,9-16H2,1-2H3,(H,24,30)/t18-,23+/m1/s1. The van der Waals surface area contributed by atoms with Crippen molar-refractivity contribution >= 4 is 17.8 Å². The number of piperidine rings is 1. The van der Waals surface area contributed by atoms with Crippen LogP contribution in [-0.2, 0) is 19.9 Å². The van der Waals surface area contributed by atoms with Crippen molar-refractivity contribution in [2.45, 2.75) is 32.2 Å². The van der Waals surface area contributed by atoms with E-state index >= 15 is 0 Å². The second-order valence-electron chi connectivity index (χ2n) is 9.07. The van der Waals surface area contributed by atoms with Crippen LogP contribution < -0.4 is 5.32 Å². The first-order chi connectivity index (χ1) is 14.9. The number of carbonyl (C=O) groups excluding carboxylic acids is 3. The molecule has 0 spiro atoms. The molecule has 4 rings (SSSR count). The number of likely N-dealkylation sites (tertiary alicyclic amines) is 1. The molecule has 0 radical (unpaired) electrons. The maximum absolute atomic E-state index is 13.1. The van der Waals surface area contributed by atoms with E-state index in [1.807, 2.05) is 36.1 Å². The van der Waals surface area contributed by atoms with Gasteiger partial charge in [-0.3, -0.25) is 19.4 Å². The van der Waals surface area contributed by atoms with Gasteiger partial charge in [0.25, 0.3) is 5.91 Å². The second kappa shape index (κ2) is 8.96. The van der Waals surface area contributed by atoms with E-state index in [2.05, 4.69) is 10.2 Å². The Balaban J connectivity index is 1.37. The molecular formula is C23H32N4O4. The molecule has 4 amide bonds. The molecule has 0 aliphatic carbocycles. The van der Waals surface area contributed by atoms with E-state index in [0.717, 1.165) is 61.7 Å². The topological polar surface area (TPSA) is 82.2 Å². The Morgan fingerprint density at radius 2 is 1.87 bits per heavy atom. The van der Waals surface area contributed by atoms with Crippen molar-refractivity contribution in [2.24, 2.45) is 5.92 Å². The number of hydrogen-bond donors (Lipinski definition) is 1. The normalized spacial score (nSPS) is 27.5. The number of morpholine rings is 1. The fraction of sp³-hybridized carbons (Fsp3) is 0.609. The van der Waals surface area contributed by atoms with Gasteiger partial charge in [-0.2, -0.15) is 0 Å². The number of rotatable bonds is 5. The monoisotopic (exact) mass is 428 g/mol. The van der Waals surface area contributed by atoms with Crippen molar-refractivity contribution in [1.29, 1.82) is 0 Å². The van der Waals surface area contributed by atoms with E-state index in [1.54, 1.807) is 6.92 Å². The number of imide groups is 1. The van der Waals surface area contributed by atoms with Gasteiger partial charge >= 0.3 is 6.03 Å². The highest BCUT2D eigenvalue weighted by Crippen LogP contribution is 2.29. The summed E-state index contributed by atoms with van der Waals surface area (Å²) in [5.74, 6) is -0.128. The molecule has 1 aromatic carbocycles. The number of amides is 4.